The van der Waals surface area contributed by atoms with Crippen molar-refractivity contribution in [2.75, 3.05) is 4.90 Å². The summed E-state index contributed by atoms with van der Waals surface area (Å²) in [6.45, 7) is 4.18. The van der Waals surface area contributed by atoms with Gasteiger partial charge in [-0.25, -0.2) is 4.99 Å². The lowest BCUT2D eigenvalue weighted by molar-refractivity contribution is 1.27. The van der Waals surface area contributed by atoms with E-state index < -0.39 is 0 Å². The molecule has 0 fully saturated rings. The van der Waals surface area contributed by atoms with E-state index in [9.17, 15) is 10.5 Å². The molecule has 7 aromatic rings. The van der Waals surface area contributed by atoms with Crippen LogP contribution >= 0.6 is 23.5 Å². The molecule has 2 heterocycles. The number of aromatic nitrogens is 4. The summed E-state index contributed by atoms with van der Waals surface area (Å²) in [7, 11) is 0. The fraction of sp³-hybridized carbons (Fsp3) is 0.0606. The van der Waals surface area contributed by atoms with E-state index in [-0.39, 0.29) is 5.71 Å². The Morgan fingerprint density at radius 1 is 0.628 bits per heavy atom. The minimum Gasteiger partial charge on any atom is -0.311 e. The Morgan fingerprint density at radius 2 is 1.09 bits per heavy atom. The molecule has 0 amide bonds. The monoisotopic (exact) mass is 592 g/mol. The van der Waals surface area contributed by atoms with Gasteiger partial charge in [-0.2, -0.15) is 28.0 Å². The van der Waals surface area contributed by atoms with Gasteiger partial charge in [0.05, 0.1) is 29.1 Å². The molecule has 0 spiro atoms. The zero-order chi connectivity index (χ0) is 29.5. The Bertz CT molecular complexity index is 2210. The Balaban J connectivity index is 1.38. The van der Waals surface area contributed by atoms with Crippen LogP contribution in [0.15, 0.2) is 89.9 Å². The zero-order valence-corrected chi connectivity index (χ0v) is 24.6. The number of nitrogens with zero attached hydrogens (tertiary/aromatic N) is 8. The second-order valence-electron chi connectivity index (χ2n) is 10.1. The molecule has 0 radical (unpaired) electrons. The molecule has 7 rings (SSSR count). The lowest BCUT2D eigenvalue weighted by Gasteiger charge is -2.26. The van der Waals surface area contributed by atoms with Gasteiger partial charge in [0.15, 0.2) is 0 Å². The summed E-state index contributed by atoms with van der Waals surface area (Å²) in [4.78, 5) is 6.50. The molecule has 0 saturated heterocycles. The van der Waals surface area contributed by atoms with Crippen molar-refractivity contribution < 1.29 is 0 Å². The van der Waals surface area contributed by atoms with Crippen molar-refractivity contribution in [1.82, 2.24) is 17.5 Å². The van der Waals surface area contributed by atoms with Crippen LogP contribution in [0.3, 0.4) is 0 Å². The van der Waals surface area contributed by atoms with Crippen molar-refractivity contribution in [2.24, 2.45) is 4.99 Å². The van der Waals surface area contributed by atoms with Crippen LogP contribution in [0.4, 0.5) is 22.7 Å². The molecule has 5 aromatic carbocycles. The van der Waals surface area contributed by atoms with Gasteiger partial charge in [-0.1, -0.05) is 47.5 Å². The molecule has 0 aliphatic rings. The standard InChI is InChI=1S/C33H20N8S2/c1-19-3-9-23(10-4-19)41(24-11-5-20(2)6-12-24)25-13-7-21(8-14-25)26-15-27-28(31-30(26)37-42-38-31)16-29(36-22(17-34)18-35)33-32(27)39-43-40-33/h3-16H,1-2H3. The lowest BCUT2D eigenvalue weighted by Crippen LogP contribution is -2.09. The van der Waals surface area contributed by atoms with Crippen LogP contribution in [0.5, 0.6) is 0 Å². The third kappa shape index (κ3) is 4.65. The molecule has 43 heavy (non-hydrogen) atoms. The van der Waals surface area contributed by atoms with Gasteiger partial charge in [0.2, 0.25) is 5.71 Å². The van der Waals surface area contributed by atoms with Crippen LogP contribution in [0.1, 0.15) is 11.1 Å². The van der Waals surface area contributed by atoms with Crippen molar-refractivity contribution in [2.45, 2.75) is 13.8 Å². The number of aryl methyl sites for hydroxylation is 2. The average molecular weight is 593 g/mol. The Labute approximate surface area is 255 Å². The molecule has 0 saturated carbocycles. The minimum absolute atomic E-state index is 0.247. The second-order valence-corrected chi connectivity index (χ2v) is 11.1. The Hall–Kier alpha value is -5.55. The highest BCUT2D eigenvalue weighted by atomic mass is 32.1. The van der Waals surface area contributed by atoms with Gasteiger partial charge in [0, 0.05) is 33.4 Å². The van der Waals surface area contributed by atoms with E-state index in [2.05, 4.69) is 120 Å². The van der Waals surface area contributed by atoms with E-state index in [4.69, 9.17) is 0 Å². The third-order valence-electron chi connectivity index (χ3n) is 7.31. The van der Waals surface area contributed by atoms with Gasteiger partial charge in [-0.15, -0.1) is 0 Å². The molecular formula is C33H20N8S2. The molecule has 204 valence electrons. The fourth-order valence-corrected chi connectivity index (χ4v) is 6.31. The van der Waals surface area contributed by atoms with Crippen molar-refractivity contribution in [3.8, 4) is 23.3 Å². The number of nitriles is 2. The SMILES string of the molecule is Cc1ccc(N(c2ccc(C)cc2)c2ccc(-c3cc4c(cc(N=C(C#N)C#N)c5nsnc54)c4nsnc34)cc2)cc1. The quantitative estimate of drug-likeness (QED) is 0.184. The van der Waals surface area contributed by atoms with E-state index in [1.807, 2.05) is 18.2 Å². The summed E-state index contributed by atoms with van der Waals surface area (Å²) in [5.74, 6) is 0. The number of fused-ring (bicyclic) bond motifs is 5. The second kappa shape index (κ2) is 10.7. The maximum absolute atomic E-state index is 9.27. The van der Waals surface area contributed by atoms with Gasteiger partial charge in [0.1, 0.15) is 34.2 Å². The fourth-order valence-electron chi connectivity index (χ4n) is 5.17. The Morgan fingerprint density at radius 3 is 1.65 bits per heavy atom. The van der Waals surface area contributed by atoms with Gasteiger partial charge < -0.3 is 4.90 Å². The highest BCUT2D eigenvalue weighted by Crippen LogP contribution is 2.41. The molecule has 0 aliphatic heterocycles. The molecule has 0 unspecified atom stereocenters. The number of benzene rings is 5. The van der Waals surface area contributed by atoms with Crippen LogP contribution in [-0.2, 0) is 0 Å². The maximum atomic E-state index is 9.27. The number of rotatable bonds is 5. The van der Waals surface area contributed by atoms with Gasteiger partial charge >= 0.3 is 0 Å². The molecule has 0 atom stereocenters. The molecule has 0 N–H and O–H groups in total. The number of hydrogen-bond donors (Lipinski definition) is 0. The summed E-state index contributed by atoms with van der Waals surface area (Å²) < 4.78 is 18.3. The first-order chi connectivity index (χ1) is 21.0. The first kappa shape index (κ1) is 26.4. The summed E-state index contributed by atoms with van der Waals surface area (Å²) in [5.41, 5.74) is 10.3. The summed E-state index contributed by atoms with van der Waals surface area (Å²) in [6.07, 6.45) is 0. The summed E-state index contributed by atoms with van der Waals surface area (Å²) >= 11 is 2.20. The number of aliphatic imine (C=N–C) groups is 1. The Kier molecular flexibility index (Phi) is 6.55. The summed E-state index contributed by atoms with van der Waals surface area (Å²) in [6, 6.07) is 33.0. The molecule has 0 aliphatic carbocycles. The van der Waals surface area contributed by atoms with Gasteiger partial charge in [-0.3, -0.25) is 0 Å². The molecule has 2 aromatic heterocycles. The predicted octanol–water partition coefficient (Wildman–Crippen LogP) is 8.72. The smallest absolute Gasteiger partial charge is 0.218 e. The molecule has 10 heteroatoms. The lowest BCUT2D eigenvalue weighted by atomic mass is 9.97. The van der Waals surface area contributed by atoms with Crippen molar-refractivity contribution >= 4 is 84.8 Å². The van der Waals surface area contributed by atoms with E-state index in [0.717, 1.165) is 67.9 Å². The minimum atomic E-state index is -0.247. The first-order valence-corrected chi connectivity index (χ1v) is 14.8. The van der Waals surface area contributed by atoms with E-state index in [0.29, 0.717) is 22.2 Å². The number of anilines is 3. The normalized spacial score (nSPS) is 11.0. The highest BCUT2D eigenvalue weighted by molar-refractivity contribution is 7.00. The van der Waals surface area contributed by atoms with E-state index in [1.54, 1.807) is 0 Å². The molecular weight excluding hydrogens is 573 g/mol. The first-order valence-electron chi connectivity index (χ1n) is 13.3. The molecule has 8 nitrogen and oxygen atoms in total. The highest BCUT2D eigenvalue weighted by Gasteiger charge is 2.19. The average Bonchev–Trinajstić information content (AvgIpc) is 3.73. The van der Waals surface area contributed by atoms with Gasteiger partial charge in [0.25, 0.3) is 0 Å². The van der Waals surface area contributed by atoms with Crippen molar-refractivity contribution in [3.05, 3.63) is 96.1 Å². The van der Waals surface area contributed by atoms with E-state index in [1.165, 1.54) is 11.1 Å². The van der Waals surface area contributed by atoms with Crippen molar-refractivity contribution in [1.29, 1.82) is 10.5 Å². The largest absolute Gasteiger partial charge is 0.311 e. The van der Waals surface area contributed by atoms with Crippen LogP contribution < -0.4 is 4.90 Å². The predicted molar refractivity (Wildman–Crippen MR) is 174 cm³/mol. The van der Waals surface area contributed by atoms with E-state index >= 15 is 0 Å². The van der Waals surface area contributed by atoms with Crippen LogP contribution in [-0.4, -0.2) is 23.2 Å². The zero-order valence-electron chi connectivity index (χ0n) is 23.0. The van der Waals surface area contributed by atoms with Crippen LogP contribution in [0, 0.1) is 36.5 Å². The van der Waals surface area contributed by atoms with Crippen LogP contribution in [0.2, 0.25) is 0 Å². The summed E-state index contributed by atoms with van der Waals surface area (Å²) in [5, 5.41) is 20.2. The topological polar surface area (TPSA) is 115 Å². The van der Waals surface area contributed by atoms with Crippen LogP contribution in [0.25, 0.3) is 44.0 Å². The third-order valence-corrected chi connectivity index (χ3v) is 8.37. The van der Waals surface area contributed by atoms with Crippen molar-refractivity contribution in [3.63, 3.8) is 0 Å². The number of hydrogen-bond acceptors (Lipinski definition) is 10. The maximum Gasteiger partial charge on any atom is 0.218 e. The molecule has 0 bridgehead atoms. The van der Waals surface area contributed by atoms with Gasteiger partial charge in [-0.05, 0) is 67.9 Å².